The second kappa shape index (κ2) is 12.1. The molecule has 1 rings (SSSR count). The zero-order valence-corrected chi connectivity index (χ0v) is 16.7. The van der Waals surface area contributed by atoms with Gasteiger partial charge in [0.15, 0.2) is 5.96 Å². The highest BCUT2D eigenvalue weighted by atomic mass is 16.5. The zero-order valence-electron chi connectivity index (χ0n) is 16.7. The highest BCUT2D eigenvalue weighted by molar-refractivity contribution is 5.81. The van der Waals surface area contributed by atoms with Crippen molar-refractivity contribution < 1.29 is 9.53 Å². The third-order valence-electron chi connectivity index (χ3n) is 4.59. The lowest BCUT2D eigenvalue weighted by Gasteiger charge is -2.37. The Kier molecular flexibility index (Phi) is 10.5. The molecule has 2 atom stereocenters. The number of carbonyl (C=O) groups excluding carboxylic acids is 1. The smallest absolute Gasteiger partial charge is 0.224 e. The summed E-state index contributed by atoms with van der Waals surface area (Å²) in [5, 5.41) is 6.53. The first kappa shape index (κ1) is 21.7. The monoisotopic (exact) mass is 355 g/mol. The minimum absolute atomic E-state index is 0.184. The predicted octanol–water partition coefficient (Wildman–Crippen LogP) is 0.909. The maximum atomic E-state index is 12.1. The van der Waals surface area contributed by atoms with E-state index < -0.39 is 0 Å². The Morgan fingerprint density at radius 1 is 1.32 bits per heavy atom. The van der Waals surface area contributed by atoms with Crippen LogP contribution >= 0.6 is 0 Å². The number of nitrogens with one attached hydrogen (secondary N) is 2. The van der Waals surface area contributed by atoms with Gasteiger partial charge < -0.3 is 20.3 Å². The molecule has 7 heteroatoms. The van der Waals surface area contributed by atoms with E-state index in [1.165, 1.54) is 0 Å². The molecule has 0 radical (unpaired) electrons. The average molecular weight is 356 g/mol. The van der Waals surface area contributed by atoms with E-state index in [9.17, 15) is 4.79 Å². The van der Waals surface area contributed by atoms with E-state index in [1.54, 1.807) is 0 Å². The Labute approximate surface area is 153 Å². The summed E-state index contributed by atoms with van der Waals surface area (Å²) in [4.78, 5) is 21.1. The van der Waals surface area contributed by atoms with Crippen molar-refractivity contribution in [2.45, 2.75) is 53.1 Å². The zero-order chi connectivity index (χ0) is 18.7. The molecule has 7 nitrogen and oxygen atoms in total. The SMILES string of the molecule is CCNC(=NCC(C)N1CCOCC1C)NCCC(=O)N(CC)CC. The number of nitrogens with zero attached hydrogens (tertiary/aromatic N) is 3. The van der Waals surface area contributed by atoms with Gasteiger partial charge in [-0.15, -0.1) is 0 Å². The van der Waals surface area contributed by atoms with Crippen LogP contribution in [0, 0.1) is 0 Å². The molecule has 2 unspecified atom stereocenters. The van der Waals surface area contributed by atoms with Crippen molar-refractivity contribution >= 4 is 11.9 Å². The molecule has 0 bridgehead atoms. The van der Waals surface area contributed by atoms with Crippen LogP contribution in [0.5, 0.6) is 0 Å². The second-order valence-corrected chi connectivity index (χ2v) is 6.47. The number of guanidine groups is 1. The van der Waals surface area contributed by atoms with E-state index in [4.69, 9.17) is 9.73 Å². The topological polar surface area (TPSA) is 69.2 Å². The summed E-state index contributed by atoms with van der Waals surface area (Å²) in [7, 11) is 0. The third kappa shape index (κ3) is 7.61. The standard InChI is InChI=1S/C18H37N5O2/c1-6-19-18(20-10-9-17(24)22(7-2)8-3)21-13-15(4)23-11-12-25-14-16(23)5/h15-16H,6-14H2,1-5H3,(H2,19,20,21). The van der Waals surface area contributed by atoms with Gasteiger partial charge in [-0.25, -0.2) is 0 Å². The van der Waals surface area contributed by atoms with E-state index in [-0.39, 0.29) is 5.91 Å². The Balaban J connectivity index is 2.46. The summed E-state index contributed by atoms with van der Waals surface area (Å²) in [6, 6.07) is 0.799. The maximum absolute atomic E-state index is 12.1. The molecule has 1 aliphatic heterocycles. The number of amides is 1. The van der Waals surface area contributed by atoms with Gasteiger partial charge in [0.2, 0.25) is 5.91 Å². The fourth-order valence-corrected chi connectivity index (χ4v) is 3.09. The van der Waals surface area contributed by atoms with Crippen LogP contribution in [0.4, 0.5) is 0 Å². The largest absolute Gasteiger partial charge is 0.379 e. The van der Waals surface area contributed by atoms with Crippen LogP contribution < -0.4 is 10.6 Å². The molecule has 1 amide bonds. The molecule has 1 aliphatic rings. The first-order valence-electron chi connectivity index (χ1n) is 9.66. The van der Waals surface area contributed by atoms with Crippen molar-refractivity contribution in [2.75, 3.05) is 52.5 Å². The van der Waals surface area contributed by atoms with E-state index in [0.29, 0.717) is 25.0 Å². The van der Waals surface area contributed by atoms with E-state index >= 15 is 0 Å². The minimum Gasteiger partial charge on any atom is -0.379 e. The van der Waals surface area contributed by atoms with Crippen LogP contribution in [0.2, 0.25) is 0 Å². The molecule has 0 saturated carbocycles. The molecule has 1 saturated heterocycles. The van der Waals surface area contributed by atoms with Crippen LogP contribution in [0.15, 0.2) is 4.99 Å². The molecule has 25 heavy (non-hydrogen) atoms. The quantitative estimate of drug-likeness (QED) is 0.475. The van der Waals surface area contributed by atoms with Gasteiger partial charge in [-0.05, 0) is 34.6 Å². The number of hydrogen-bond donors (Lipinski definition) is 2. The van der Waals surface area contributed by atoms with Gasteiger partial charge in [0, 0.05) is 51.2 Å². The first-order valence-corrected chi connectivity index (χ1v) is 9.66. The summed E-state index contributed by atoms with van der Waals surface area (Å²) >= 11 is 0. The van der Waals surface area contributed by atoms with Gasteiger partial charge in [-0.1, -0.05) is 0 Å². The van der Waals surface area contributed by atoms with Crippen molar-refractivity contribution in [3.05, 3.63) is 0 Å². The number of carbonyl (C=O) groups is 1. The van der Waals surface area contributed by atoms with E-state index in [0.717, 1.165) is 51.9 Å². The van der Waals surface area contributed by atoms with Crippen LogP contribution in [0.25, 0.3) is 0 Å². The van der Waals surface area contributed by atoms with Crippen molar-refractivity contribution in [3.8, 4) is 0 Å². The summed E-state index contributed by atoms with van der Waals surface area (Å²) in [6.45, 7) is 16.7. The van der Waals surface area contributed by atoms with Crippen molar-refractivity contribution in [1.82, 2.24) is 20.4 Å². The van der Waals surface area contributed by atoms with Crippen LogP contribution in [-0.4, -0.2) is 86.2 Å². The second-order valence-electron chi connectivity index (χ2n) is 6.47. The highest BCUT2D eigenvalue weighted by Crippen LogP contribution is 2.10. The summed E-state index contributed by atoms with van der Waals surface area (Å²) in [5.41, 5.74) is 0. The van der Waals surface area contributed by atoms with Gasteiger partial charge in [0.25, 0.3) is 0 Å². The summed E-state index contributed by atoms with van der Waals surface area (Å²) in [6.07, 6.45) is 0.488. The van der Waals surface area contributed by atoms with E-state index in [2.05, 4.69) is 29.4 Å². The lowest BCUT2D eigenvalue weighted by atomic mass is 10.2. The van der Waals surface area contributed by atoms with Crippen molar-refractivity contribution in [2.24, 2.45) is 4.99 Å². The molecule has 146 valence electrons. The number of rotatable bonds is 9. The first-order chi connectivity index (χ1) is 12.0. The molecule has 0 aromatic heterocycles. The fraction of sp³-hybridized carbons (Fsp3) is 0.889. The number of aliphatic imine (C=N–C) groups is 1. The third-order valence-corrected chi connectivity index (χ3v) is 4.59. The number of ether oxygens (including phenoxy) is 1. The van der Waals surface area contributed by atoms with Crippen molar-refractivity contribution in [1.29, 1.82) is 0 Å². The Bertz CT molecular complexity index is 412. The predicted molar refractivity (Wildman–Crippen MR) is 103 cm³/mol. The number of morpholine rings is 1. The fourth-order valence-electron chi connectivity index (χ4n) is 3.09. The highest BCUT2D eigenvalue weighted by Gasteiger charge is 2.23. The van der Waals surface area contributed by atoms with Gasteiger partial charge in [-0.3, -0.25) is 14.7 Å². The lowest BCUT2D eigenvalue weighted by Crippen LogP contribution is -2.49. The lowest BCUT2D eigenvalue weighted by molar-refractivity contribution is -0.130. The van der Waals surface area contributed by atoms with E-state index in [1.807, 2.05) is 25.7 Å². The maximum Gasteiger partial charge on any atom is 0.224 e. The normalized spacial score (nSPS) is 20.2. The van der Waals surface area contributed by atoms with Gasteiger partial charge in [-0.2, -0.15) is 0 Å². The molecular weight excluding hydrogens is 318 g/mol. The van der Waals surface area contributed by atoms with Crippen molar-refractivity contribution in [3.63, 3.8) is 0 Å². The molecule has 0 aromatic rings. The molecule has 0 spiro atoms. The van der Waals surface area contributed by atoms with Crippen LogP contribution in [0.1, 0.15) is 41.0 Å². The molecule has 2 N–H and O–H groups in total. The summed E-state index contributed by atoms with van der Waals surface area (Å²) in [5.74, 6) is 0.964. The Hall–Kier alpha value is -1.34. The van der Waals surface area contributed by atoms with Gasteiger partial charge in [0.1, 0.15) is 0 Å². The molecule has 0 aromatic carbocycles. The molecule has 1 heterocycles. The van der Waals surface area contributed by atoms with Crippen LogP contribution in [0.3, 0.4) is 0 Å². The Morgan fingerprint density at radius 3 is 2.64 bits per heavy atom. The molecule has 0 aliphatic carbocycles. The van der Waals surface area contributed by atoms with Gasteiger partial charge in [0.05, 0.1) is 19.8 Å². The number of hydrogen-bond acceptors (Lipinski definition) is 4. The summed E-state index contributed by atoms with van der Waals surface area (Å²) < 4.78 is 5.50. The molecular formula is C18H37N5O2. The Morgan fingerprint density at radius 2 is 2.04 bits per heavy atom. The average Bonchev–Trinajstić information content (AvgIpc) is 2.60. The minimum atomic E-state index is 0.184. The van der Waals surface area contributed by atoms with Gasteiger partial charge >= 0.3 is 0 Å². The molecule has 1 fully saturated rings. The van der Waals surface area contributed by atoms with Crippen LogP contribution in [-0.2, 0) is 9.53 Å².